The van der Waals surface area contributed by atoms with Crippen molar-refractivity contribution in [2.45, 2.75) is 48.6 Å². The summed E-state index contributed by atoms with van der Waals surface area (Å²) in [5.41, 5.74) is -0.865. The van der Waals surface area contributed by atoms with Crippen LogP contribution in [0.15, 0.2) is 58.3 Å². The van der Waals surface area contributed by atoms with Gasteiger partial charge in [-0.15, -0.1) is 11.8 Å². The van der Waals surface area contributed by atoms with Crippen LogP contribution >= 0.6 is 11.8 Å². The molecule has 2 aromatic rings. The number of sulfonamides is 1. The molecule has 1 amide bonds. The Morgan fingerprint density at radius 1 is 1.24 bits per heavy atom. The van der Waals surface area contributed by atoms with Crippen molar-refractivity contribution < 1.29 is 22.9 Å². The second kappa shape index (κ2) is 11.5. The zero-order chi connectivity index (χ0) is 25.5. The molecule has 0 radical (unpaired) electrons. The Morgan fingerprint density at radius 2 is 1.88 bits per heavy atom. The Kier molecular flexibility index (Phi) is 9.30. The number of rotatable bonds is 10. The molecule has 10 nitrogen and oxygen atoms in total. The smallest absolute Gasteiger partial charge is 0.410 e. The van der Waals surface area contributed by atoms with Crippen molar-refractivity contribution in [2.24, 2.45) is 5.14 Å². The van der Waals surface area contributed by atoms with Crippen LogP contribution in [0.2, 0.25) is 0 Å². The third kappa shape index (κ3) is 8.84. The van der Waals surface area contributed by atoms with Gasteiger partial charge >= 0.3 is 6.09 Å². The first kappa shape index (κ1) is 27.4. The molecule has 0 aliphatic carbocycles. The number of nitro benzene ring substituents is 1. The predicted octanol–water partition coefficient (Wildman–Crippen LogP) is 4.07. The third-order valence-corrected chi connectivity index (χ3v) is 6.65. The largest absolute Gasteiger partial charge is 0.444 e. The van der Waals surface area contributed by atoms with Gasteiger partial charge in [-0.2, -0.15) is 0 Å². The quantitative estimate of drug-likeness (QED) is 0.276. The molecule has 1 atom stereocenters. The predicted molar refractivity (Wildman–Crippen MR) is 133 cm³/mol. The molecule has 186 valence electrons. The van der Waals surface area contributed by atoms with Crippen LogP contribution in [0.4, 0.5) is 16.2 Å². The van der Waals surface area contributed by atoms with Gasteiger partial charge in [0.25, 0.3) is 5.69 Å². The van der Waals surface area contributed by atoms with Crippen molar-refractivity contribution in [3.63, 3.8) is 0 Å². The normalized spacial score (nSPS) is 12.6. The number of nitrogens with one attached hydrogen (secondary N) is 1. The zero-order valence-corrected chi connectivity index (χ0v) is 21.2. The summed E-state index contributed by atoms with van der Waals surface area (Å²) in [6, 6.07) is 12.9. The molecule has 0 bridgehead atoms. The fourth-order valence-electron chi connectivity index (χ4n) is 2.87. The minimum Gasteiger partial charge on any atom is -0.444 e. The summed E-state index contributed by atoms with van der Waals surface area (Å²) in [4.78, 5) is 25.4. The van der Waals surface area contributed by atoms with Gasteiger partial charge in [0.1, 0.15) is 11.3 Å². The van der Waals surface area contributed by atoms with E-state index in [-0.39, 0.29) is 16.6 Å². The Balaban J connectivity index is 2.22. The summed E-state index contributed by atoms with van der Waals surface area (Å²) in [6.45, 7) is 5.68. The van der Waals surface area contributed by atoms with E-state index >= 15 is 0 Å². The zero-order valence-electron chi connectivity index (χ0n) is 19.6. The van der Waals surface area contributed by atoms with Crippen molar-refractivity contribution in [1.82, 2.24) is 4.90 Å². The molecule has 12 heteroatoms. The molecule has 0 spiro atoms. The van der Waals surface area contributed by atoms with Crippen molar-refractivity contribution in [1.29, 1.82) is 0 Å². The van der Waals surface area contributed by atoms with Crippen LogP contribution < -0.4 is 10.5 Å². The third-order valence-electron chi connectivity index (χ3n) is 4.57. The number of benzene rings is 2. The highest BCUT2D eigenvalue weighted by molar-refractivity contribution is 7.99. The first-order valence-corrected chi connectivity index (χ1v) is 13.0. The lowest BCUT2D eigenvalue weighted by Crippen LogP contribution is -2.37. The molecule has 1 unspecified atom stereocenters. The fourth-order valence-corrected chi connectivity index (χ4v) is 4.40. The number of ether oxygens (including phenoxy) is 1. The standard InChI is InChI=1S/C22H30N4O6S2/c1-22(2,3)32-21(27)25(4)13-12-16(15-33-17-8-6-5-7-9-17)24-19-11-10-18(34(23,30)31)14-20(19)26(28)29/h5-11,14,16,24H,12-13,15H2,1-4H3,(H2,23,30,31). The summed E-state index contributed by atoms with van der Waals surface area (Å²) in [5.74, 6) is 0.542. The SMILES string of the molecule is CN(CCC(CSc1ccccc1)Nc1ccc(S(N)(=O)=O)cc1[N+](=O)[O-])C(=O)OC(C)(C)C. The molecule has 0 fully saturated rings. The van der Waals surface area contributed by atoms with Crippen molar-refractivity contribution in [2.75, 3.05) is 24.7 Å². The monoisotopic (exact) mass is 510 g/mol. The maximum absolute atomic E-state index is 12.3. The number of anilines is 1. The van der Waals surface area contributed by atoms with Crippen LogP contribution in [0.3, 0.4) is 0 Å². The second-order valence-electron chi connectivity index (χ2n) is 8.64. The van der Waals surface area contributed by atoms with Gasteiger partial charge in [0, 0.05) is 36.3 Å². The lowest BCUT2D eigenvalue weighted by Gasteiger charge is -2.26. The molecule has 2 aromatic carbocycles. The number of hydrogen-bond acceptors (Lipinski definition) is 8. The summed E-state index contributed by atoms with van der Waals surface area (Å²) in [6.07, 6.45) is -0.00520. The van der Waals surface area contributed by atoms with Gasteiger partial charge in [-0.3, -0.25) is 10.1 Å². The van der Waals surface area contributed by atoms with Crippen LogP contribution in [0, 0.1) is 10.1 Å². The molecule has 2 rings (SSSR count). The molecule has 0 aliphatic rings. The minimum atomic E-state index is -4.09. The lowest BCUT2D eigenvalue weighted by atomic mass is 10.2. The molecule has 0 aromatic heterocycles. The average Bonchev–Trinajstić information content (AvgIpc) is 2.74. The lowest BCUT2D eigenvalue weighted by molar-refractivity contribution is -0.384. The highest BCUT2D eigenvalue weighted by Gasteiger charge is 2.23. The van der Waals surface area contributed by atoms with Crippen molar-refractivity contribution in [3.8, 4) is 0 Å². The summed E-state index contributed by atoms with van der Waals surface area (Å²) in [5, 5.41) is 19.9. The van der Waals surface area contributed by atoms with E-state index in [2.05, 4.69) is 5.32 Å². The van der Waals surface area contributed by atoms with Gasteiger partial charge in [-0.25, -0.2) is 18.4 Å². The molecular formula is C22H30N4O6S2. The van der Waals surface area contributed by atoms with E-state index in [4.69, 9.17) is 9.88 Å². The average molecular weight is 511 g/mol. The first-order valence-electron chi connectivity index (χ1n) is 10.5. The van der Waals surface area contributed by atoms with Crippen LogP contribution in [0.25, 0.3) is 0 Å². The number of hydrogen-bond donors (Lipinski definition) is 2. The number of amides is 1. The maximum atomic E-state index is 12.3. The summed E-state index contributed by atoms with van der Waals surface area (Å²) < 4.78 is 28.6. The Bertz CT molecular complexity index is 1100. The van der Waals surface area contributed by atoms with Crippen molar-refractivity contribution >= 4 is 39.3 Å². The maximum Gasteiger partial charge on any atom is 0.410 e. The fraction of sp³-hybridized carbons (Fsp3) is 0.409. The van der Waals surface area contributed by atoms with E-state index in [9.17, 15) is 23.3 Å². The van der Waals surface area contributed by atoms with Gasteiger partial charge in [-0.05, 0) is 51.5 Å². The molecule has 0 saturated carbocycles. The Labute approximate surface area is 204 Å². The number of carbonyl (C=O) groups is 1. The minimum absolute atomic E-state index is 0.163. The van der Waals surface area contributed by atoms with Crippen LogP contribution in [-0.2, 0) is 14.8 Å². The van der Waals surface area contributed by atoms with Gasteiger partial charge in [-0.1, -0.05) is 18.2 Å². The highest BCUT2D eigenvalue weighted by Crippen LogP contribution is 2.29. The Hall–Kier alpha value is -2.83. The molecule has 0 saturated heterocycles. The van der Waals surface area contributed by atoms with E-state index < -0.39 is 32.3 Å². The molecular weight excluding hydrogens is 480 g/mol. The van der Waals surface area contributed by atoms with Gasteiger partial charge < -0.3 is 15.0 Å². The molecule has 34 heavy (non-hydrogen) atoms. The van der Waals surface area contributed by atoms with E-state index in [1.165, 1.54) is 17.0 Å². The second-order valence-corrected chi connectivity index (χ2v) is 11.3. The summed E-state index contributed by atoms with van der Waals surface area (Å²) in [7, 11) is -2.47. The topological polar surface area (TPSA) is 145 Å². The van der Waals surface area contributed by atoms with Crippen molar-refractivity contribution in [3.05, 3.63) is 58.6 Å². The van der Waals surface area contributed by atoms with E-state index in [0.29, 0.717) is 18.7 Å². The molecule has 0 aliphatic heterocycles. The van der Waals surface area contributed by atoms with Gasteiger partial charge in [0.15, 0.2) is 0 Å². The summed E-state index contributed by atoms with van der Waals surface area (Å²) >= 11 is 1.56. The highest BCUT2D eigenvalue weighted by atomic mass is 32.2. The number of carbonyl (C=O) groups excluding carboxylic acids is 1. The van der Waals surface area contributed by atoms with Gasteiger partial charge in [0.2, 0.25) is 10.0 Å². The number of nitrogens with zero attached hydrogens (tertiary/aromatic N) is 2. The van der Waals surface area contributed by atoms with E-state index in [0.717, 1.165) is 11.0 Å². The number of nitro groups is 1. The van der Waals surface area contributed by atoms with E-state index in [1.807, 2.05) is 30.3 Å². The Morgan fingerprint density at radius 3 is 2.44 bits per heavy atom. The number of primary sulfonamides is 1. The number of thioether (sulfide) groups is 1. The van der Waals surface area contributed by atoms with Crippen LogP contribution in [-0.4, -0.2) is 55.3 Å². The van der Waals surface area contributed by atoms with E-state index in [1.54, 1.807) is 39.6 Å². The van der Waals surface area contributed by atoms with Crippen LogP contribution in [0.5, 0.6) is 0 Å². The first-order chi connectivity index (χ1) is 15.8. The van der Waals surface area contributed by atoms with Crippen LogP contribution in [0.1, 0.15) is 27.2 Å². The molecule has 3 N–H and O–H groups in total. The molecule has 0 heterocycles. The van der Waals surface area contributed by atoms with Gasteiger partial charge in [0.05, 0.1) is 9.82 Å². The number of nitrogens with two attached hydrogens (primary N) is 1.